The summed E-state index contributed by atoms with van der Waals surface area (Å²) >= 11 is 5.94. The van der Waals surface area contributed by atoms with Crippen molar-refractivity contribution in [1.82, 2.24) is 0 Å². The summed E-state index contributed by atoms with van der Waals surface area (Å²) in [6.07, 6.45) is 4.42. The lowest BCUT2D eigenvalue weighted by atomic mass is 9.82. The highest BCUT2D eigenvalue weighted by Crippen LogP contribution is 2.28. The van der Waals surface area contributed by atoms with Crippen molar-refractivity contribution in [3.05, 3.63) is 28.8 Å². The van der Waals surface area contributed by atoms with E-state index in [9.17, 15) is 9.59 Å². The van der Waals surface area contributed by atoms with Crippen LogP contribution in [0.4, 0.5) is 5.69 Å². The van der Waals surface area contributed by atoms with E-state index in [1.807, 2.05) is 0 Å². The fourth-order valence-corrected chi connectivity index (χ4v) is 2.73. The average molecular weight is 296 g/mol. The molecule has 0 unspecified atom stereocenters. The molecule has 5 N–H and O–H groups in total. The van der Waals surface area contributed by atoms with Gasteiger partial charge in [-0.15, -0.1) is 0 Å². The van der Waals surface area contributed by atoms with Gasteiger partial charge in [-0.05, 0) is 31.0 Å². The number of nitrogens with two attached hydrogens (primary N) is 2. The van der Waals surface area contributed by atoms with E-state index in [0.717, 1.165) is 19.3 Å². The number of nitrogens with one attached hydrogen (secondary N) is 1. The van der Waals surface area contributed by atoms with Gasteiger partial charge in [-0.25, -0.2) is 0 Å². The van der Waals surface area contributed by atoms with Crippen LogP contribution in [0.2, 0.25) is 5.02 Å². The second kappa shape index (κ2) is 5.81. The van der Waals surface area contributed by atoms with E-state index in [1.54, 1.807) is 6.07 Å². The fourth-order valence-electron chi connectivity index (χ4n) is 2.46. The first-order chi connectivity index (χ1) is 9.42. The predicted molar refractivity (Wildman–Crippen MR) is 78.6 cm³/mol. The SMILES string of the molecule is NC(=O)c1ccc(NC(=O)C2(N)CCCCC2)cc1Cl. The minimum Gasteiger partial charge on any atom is -0.366 e. The molecular formula is C14H18ClN3O2. The van der Waals surface area contributed by atoms with Gasteiger partial charge >= 0.3 is 0 Å². The normalized spacial score (nSPS) is 17.5. The van der Waals surface area contributed by atoms with E-state index >= 15 is 0 Å². The van der Waals surface area contributed by atoms with Crippen LogP contribution in [0.1, 0.15) is 42.5 Å². The Bertz CT molecular complexity index is 539. The number of carbonyl (C=O) groups is 2. The van der Waals surface area contributed by atoms with Crippen LogP contribution in [0.5, 0.6) is 0 Å². The van der Waals surface area contributed by atoms with E-state index in [-0.39, 0.29) is 16.5 Å². The molecule has 6 heteroatoms. The summed E-state index contributed by atoms with van der Waals surface area (Å²) < 4.78 is 0. The van der Waals surface area contributed by atoms with E-state index in [4.69, 9.17) is 23.1 Å². The molecule has 1 fully saturated rings. The molecule has 0 bridgehead atoms. The van der Waals surface area contributed by atoms with E-state index in [0.29, 0.717) is 18.5 Å². The van der Waals surface area contributed by atoms with Gasteiger partial charge in [-0.2, -0.15) is 0 Å². The molecule has 1 aliphatic carbocycles. The molecule has 2 amide bonds. The van der Waals surface area contributed by atoms with Crippen LogP contribution >= 0.6 is 11.6 Å². The predicted octanol–water partition coefficient (Wildman–Crippen LogP) is 2.04. The van der Waals surface area contributed by atoms with Gasteiger partial charge in [0.2, 0.25) is 11.8 Å². The number of hydrogen-bond donors (Lipinski definition) is 3. The minimum atomic E-state index is -0.812. The molecular weight excluding hydrogens is 278 g/mol. The van der Waals surface area contributed by atoms with E-state index in [1.165, 1.54) is 12.1 Å². The molecule has 1 aromatic rings. The van der Waals surface area contributed by atoms with Gasteiger partial charge in [0.05, 0.1) is 16.1 Å². The zero-order chi connectivity index (χ0) is 14.8. The zero-order valence-corrected chi connectivity index (χ0v) is 11.9. The Labute approximate surface area is 122 Å². The third-order valence-corrected chi connectivity index (χ3v) is 4.00. The topological polar surface area (TPSA) is 98.2 Å². The number of benzene rings is 1. The van der Waals surface area contributed by atoms with Crippen molar-refractivity contribution in [3.8, 4) is 0 Å². The Morgan fingerprint density at radius 2 is 1.85 bits per heavy atom. The molecule has 1 aromatic carbocycles. The molecule has 0 saturated heterocycles. The number of halogens is 1. The van der Waals surface area contributed by atoms with Crippen molar-refractivity contribution in [1.29, 1.82) is 0 Å². The summed E-state index contributed by atoms with van der Waals surface area (Å²) in [6.45, 7) is 0. The lowest BCUT2D eigenvalue weighted by Gasteiger charge is -2.31. The van der Waals surface area contributed by atoms with Crippen LogP contribution in [0.15, 0.2) is 18.2 Å². The molecule has 20 heavy (non-hydrogen) atoms. The molecule has 2 rings (SSSR count). The maximum Gasteiger partial charge on any atom is 0.250 e. The van der Waals surface area contributed by atoms with Crippen LogP contribution in [-0.4, -0.2) is 17.4 Å². The highest BCUT2D eigenvalue weighted by molar-refractivity contribution is 6.34. The molecule has 1 aliphatic rings. The van der Waals surface area contributed by atoms with Crippen molar-refractivity contribution in [2.75, 3.05) is 5.32 Å². The van der Waals surface area contributed by atoms with Crippen LogP contribution in [0, 0.1) is 0 Å². The van der Waals surface area contributed by atoms with E-state index < -0.39 is 11.4 Å². The van der Waals surface area contributed by atoms with Gasteiger partial charge in [-0.1, -0.05) is 30.9 Å². The number of primary amides is 1. The molecule has 0 spiro atoms. The highest BCUT2D eigenvalue weighted by atomic mass is 35.5. The summed E-state index contributed by atoms with van der Waals surface area (Å²) in [6, 6.07) is 4.59. The first-order valence-electron chi connectivity index (χ1n) is 6.62. The van der Waals surface area contributed by atoms with Crippen molar-refractivity contribution in [3.63, 3.8) is 0 Å². The minimum absolute atomic E-state index is 0.208. The molecule has 108 valence electrons. The summed E-state index contributed by atoms with van der Waals surface area (Å²) in [7, 11) is 0. The molecule has 0 aliphatic heterocycles. The van der Waals surface area contributed by atoms with Gasteiger partial charge in [0.25, 0.3) is 0 Å². The maximum atomic E-state index is 12.2. The first kappa shape index (κ1) is 14.8. The third-order valence-electron chi connectivity index (χ3n) is 3.69. The third kappa shape index (κ3) is 3.11. The average Bonchev–Trinajstić information content (AvgIpc) is 2.39. The van der Waals surface area contributed by atoms with Gasteiger partial charge < -0.3 is 16.8 Å². The second-order valence-electron chi connectivity index (χ2n) is 5.23. The summed E-state index contributed by atoms with van der Waals surface area (Å²) in [5.41, 5.74) is 11.2. The smallest absolute Gasteiger partial charge is 0.250 e. The summed E-state index contributed by atoms with van der Waals surface area (Å²) in [4.78, 5) is 23.3. The second-order valence-corrected chi connectivity index (χ2v) is 5.64. The van der Waals surface area contributed by atoms with Crippen LogP contribution < -0.4 is 16.8 Å². The van der Waals surface area contributed by atoms with Gasteiger partial charge in [-0.3, -0.25) is 9.59 Å². The molecule has 0 aromatic heterocycles. The molecule has 0 atom stereocenters. The Morgan fingerprint density at radius 3 is 2.40 bits per heavy atom. The molecule has 5 nitrogen and oxygen atoms in total. The Kier molecular flexibility index (Phi) is 4.30. The monoisotopic (exact) mass is 295 g/mol. The fraction of sp³-hybridized carbons (Fsp3) is 0.429. The first-order valence-corrected chi connectivity index (χ1v) is 7.00. The van der Waals surface area contributed by atoms with Gasteiger partial charge in [0.1, 0.15) is 0 Å². The number of rotatable bonds is 3. The number of amides is 2. The van der Waals surface area contributed by atoms with Crippen LogP contribution in [-0.2, 0) is 4.79 Å². The zero-order valence-electron chi connectivity index (χ0n) is 11.1. The number of carbonyl (C=O) groups excluding carboxylic acids is 2. The van der Waals surface area contributed by atoms with Gasteiger partial charge in [0.15, 0.2) is 0 Å². The highest BCUT2D eigenvalue weighted by Gasteiger charge is 2.35. The number of anilines is 1. The molecule has 1 saturated carbocycles. The quantitative estimate of drug-likeness (QED) is 0.796. The molecule has 0 radical (unpaired) electrons. The van der Waals surface area contributed by atoms with Crippen molar-refractivity contribution >= 4 is 29.1 Å². The van der Waals surface area contributed by atoms with Crippen molar-refractivity contribution in [2.45, 2.75) is 37.6 Å². The van der Waals surface area contributed by atoms with Crippen LogP contribution in [0.3, 0.4) is 0 Å². The van der Waals surface area contributed by atoms with Crippen LogP contribution in [0.25, 0.3) is 0 Å². The lowest BCUT2D eigenvalue weighted by Crippen LogP contribution is -2.52. The summed E-state index contributed by atoms with van der Waals surface area (Å²) in [5.74, 6) is -0.810. The van der Waals surface area contributed by atoms with Crippen molar-refractivity contribution < 1.29 is 9.59 Å². The standard InChI is InChI=1S/C14H18ClN3O2/c15-11-8-9(4-5-10(11)12(16)19)18-13(20)14(17)6-2-1-3-7-14/h4-5,8H,1-3,6-7,17H2,(H2,16,19)(H,18,20). The Balaban J connectivity index is 2.12. The Hall–Kier alpha value is -1.59. The largest absolute Gasteiger partial charge is 0.366 e. The maximum absolute atomic E-state index is 12.2. The summed E-state index contributed by atoms with van der Waals surface area (Å²) in [5, 5.41) is 2.97. The molecule has 0 heterocycles. The van der Waals surface area contributed by atoms with E-state index in [2.05, 4.69) is 5.32 Å². The Morgan fingerprint density at radius 1 is 1.20 bits per heavy atom. The van der Waals surface area contributed by atoms with Crippen molar-refractivity contribution in [2.24, 2.45) is 11.5 Å². The lowest BCUT2D eigenvalue weighted by molar-refractivity contribution is -0.122. The van der Waals surface area contributed by atoms with Gasteiger partial charge in [0, 0.05) is 5.69 Å². The number of hydrogen-bond acceptors (Lipinski definition) is 3.